The van der Waals surface area contributed by atoms with Crippen molar-refractivity contribution >= 4 is 15.4 Å². The molecule has 0 unspecified atom stereocenters. The summed E-state index contributed by atoms with van der Waals surface area (Å²) in [6.07, 6.45) is 9.23. The summed E-state index contributed by atoms with van der Waals surface area (Å²) in [7, 11) is -3.15. The smallest absolute Gasteiger partial charge is 0.177 e. The van der Waals surface area contributed by atoms with Crippen molar-refractivity contribution in [2.45, 2.75) is 44.4 Å². The molecule has 3 nitrogen and oxygen atoms in total. The van der Waals surface area contributed by atoms with Crippen molar-refractivity contribution in [3.63, 3.8) is 0 Å². The van der Waals surface area contributed by atoms with Crippen LogP contribution in [0.25, 0.3) is 5.57 Å². The highest BCUT2D eigenvalue weighted by atomic mass is 32.2. The largest absolute Gasteiger partial charge is 0.255 e. The van der Waals surface area contributed by atoms with Crippen molar-refractivity contribution in [2.75, 3.05) is 6.26 Å². The van der Waals surface area contributed by atoms with Crippen molar-refractivity contribution < 1.29 is 8.42 Å². The van der Waals surface area contributed by atoms with E-state index in [0.29, 0.717) is 0 Å². The number of allylic oxidation sites excluding steroid dienone is 2. The maximum Gasteiger partial charge on any atom is 0.177 e. The topological polar surface area (TPSA) is 47.0 Å². The van der Waals surface area contributed by atoms with Crippen LogP contribution in [0.2, 0.25) is 0 Å². The molecule has 0 aliphatic rings. The van der Waals surface area contributed by atoms with Crippen LogP contribution < -0.4 is 0 Å². The molecule has 0 saturated carbocycles. The van der Waals surface area contributed by atoms with Gasteiger partial charge in [0.1, 0.15) is 0 Å². The van der Waals surface area contributed by atoms with Gasteiger partial charge in [0.25, 0.3) is 0 Å². The van der Waals surface area contributed by atoms with Gasteiger partial charge in [0.2, 0.25) is 0 Å². The number of nitrogens with zero attached hydrogens (tertiary/aromatic N) is 1. The van der Waals surface area contributed by atoms with Crippen LogP contribution in [0.1, 0.15) is 45.2 Å². The first-order chi connectivity index (χ1) is 8.49. The average molecular weight is 267 g/mol. The molecule has 0 N–H and O–H groups in total. The molecule has 0 spiro atoms. The molecule has 0 radical (unpaired) electrons. The molecule has 0 bridgehead atoms. The summed E-state index contributed by atoms with van der Waals surface area (Å²) < 4.78 is 22.7. The maximum atomic E-state index is 11.3. The minimum atomic E-state index is -3.15. The molecule has 1 rings (SSSR count). The van der Waals surface area contributed by atoms with Gasteiger partial charge in [-0.25, -0.2) is 8.42 Å². The molecule has 0 saturated heterocycles. The second-order valence-electron chi connectivity index (χ2n) is 4.42. The number of hydrogen-bond acceptors (Lipinski definition) is 3. The lowest BCUT2D eigenvalue weighted by Gasteiger charge is -2.07. The second kappa shape index (κ2) is 6.69. The monoisotopic (exact) mass is 267 g/mol. The summed E-state index contributed by atoms with van der Waals surface area (Å²) in [5.74, 6) is 0. The lowest BCUT2D eigenvalue weighted by atomic mass is 10.0. The van der Waals surface area contributed by atoms with Crippen LogP contribution in [0, 0.1) is 0 Å². The first-order valence-electron chi connectivity index (χ1n) is 6.30. The van der Waals surface area contributed by atoms with Crippen molar-refractivity contribution in [3.05, 3.63) is 30.1 Å². The van der Waals surface area contributed by atoms with Gasteiger partial charge in [-0.1, -0.05) is 25.8 Å². The highest BCUT2D eigenvalue weighted by Gasteiger charge is 2.08. The Morgan fingerprint density at radius 2 is 2.06 bits per heavy atom. The van der Waals surface area contributed by atoms with Crippen LogP contribution in [-0.4, -0.2) is 19.7 Å². The van der Waals surface area contributed by atoms with E-state index in [0.717, 1.165) is 18.5 Å². The van der Waals surface area contributed by atoms with E-state index in [1.807, 2.05) is 6.92 Å². The van der Waals surface area contributed by atoms with Crippen LogP contribution in [-0.2, 0) is 9.84 Å². The first-order valence-corrected chi connectivity index (χ1v) is 8.19. The third-order valence-electron chi connectivity index (χ3n) is 2.89. The highest BCUT2D eigenvalue weighted by Crippen LogP contribution is 2.20. The summed E-state index contributed by atoms with van der Waals surface area (Å²) in [6, 6.07) is 3.42. The fourth-order valence-corrected chi connectivity index (χ4v) is 2.33. The summed E-state index contributed by atoms with van der Waals surface area (Å²) in [4.78, 5) is 4.52. The Labute approximate surface area is 110 Å². The van der Waals surface area contributed by atoms with Gasteiger partial charge in [0.05, 0.1) is 10.6 Å². The quantitative estimate of drug-likeness (QED) is 0.741. The van der Waals surface area contributed by atoms with Crippen molar-refractivity contribution in [1.29, 1.82) is 0 Å². The molecule has 0 aromatic carbocycles. The minimum Gasteiger partial charge on any atom is -0.255 e. The average Bonchev–Trinajstić information content (AvgIpc) is 2.34. The molecule has 0 fully saturated rings. The Morgan fingerprint density at radius 3 is 2.50 bits per heavy atom. The Bertz CT molecular complexity index is 501. The molecule has 0 aliphatic carbocycles. The van der Waals surface area contributed by atoms with E-state index in [-0.39, 0.29) is 4.90 Å². The lowest BCUT2D eigenvalue weighted by molar-refractivity contribution is 0.601. The van der Waals surface area contributed by atoms with Gasteiger partial charge in [-0.2, -0.15) is 0 Å². The van der Waals surface area contributed by atoms with Gasteiger partial charge >= 0.3 is 0 Å². The number of sulfone groups is 1. The van der Waals surface area contributed by atoms with Crippen LogP contribution >= 0.6 is 0 Å². The van der Waals surface area contributed by atoms with Gasteiger partial charge in [-0.15, -0.1) is 0 Å². The zero-order chi connectivity index (χ0) is 13.6. The normalized spacial score (nSPS) is 12.7. The maximum absolute atomic E-state index is 11.3. The highest BCUT2D eigenvalue weighted by molar-refractivity contribution is 7.90. The van der Waals surface area contributed by atoms with Gasteiger partial charge in [0.15, 0.2) is 9.84 Å². The van der Waals surface area contributed by atoms with E-state index in [1.165, 1.54) is 30.9 Å². The number of hydrogen-bond donors (Lipinski definition) is 0. The number of rotatable bonds is 6. The fraction of sp³-hybridized carbons (Fsp3) is 0.500. The molecule has 100 valence electrons. The predicted molar refractivity (Wildman–Crippen MR) is 75.1 cm³/mol. The van der Waals surface area contributed by atoms with E-state index in [9.17, 15) is 8.42 Å². The molecule has 0 aliphatic heterocycles. The summed E-state index contributed by atoms with van der Waals surface area (Å²) >= 11 is 0. The fourth-order valence-electron chi connectivity index (χ4n) is 1.78. The van der Waals surface area contributed by atoms with Crippen LogP contribution in [0.15, 0.2) is 29.3 Å². The summed E-state index contributed by atoms with van der Waals surface area (Å²) in [5.41, 5.74) is 2.06. The van der Waals surface area contributed by atoms with Crippen LogP contribution in [0.3, 0.4) is 0 Å². The molecule has 1 aromatic rings. The van der Waals surface area contributed by atoms with Crippen LogP contribution in [0.4, 0.5) is 0 Å². The van der Waals surface area contributed by atoms with Crippen LogP contribution in [0.5, 0.6) is 0 Å². The summed E-state index contributed by atoms with van der Waals surface area (Å²) in [5, 5.41) is 0. The Balaban J connectivity index is 2.83. The van der Waals surface area contributed by atoms with E-state index >= 15 is 0 Å². The lowest BCUT2D eigenvalue weighted by Crippen LogP contribution is -1.99. The number of unbranched alkanes of at least 4 members (excludes halogenated alkanes) is 2. The van der Waals surface area contributed by atoms with E-state index in [1.54, 1.807) is 12.1 Å². The molecule has 1 heterocycles. The van der Waals surface area contributed by atoms with E-state index < -0.39 is 9.84 Å². The van der Waals surface area contributed by atoms with Crippen molar-refractivity contribution in [3.8, 4) is 0 Å². The molecule has 18 heavy (non-hydrogen) atoms. The third-order valence-corrected chi connectivity index (χ3v) is 3.99. The molecular formula is C14H21NO2S. The predicted octanol–water partition coefficient (Wildman–Crippen LogP) is 3.47. The second-order valence-corrected chi connectivity index (χ2v) is 6.44. The number of pyridine rings is 1. The van der Waals surface area contributed by atoms with Crippen molar-refractivity contribution in [2.24, 2.45) is 0 Å². The zero-order valence-electron chi connectivity index (χ0n) is 11.3. The molecule has 0 amide bonds. The minimum absolute atomic E-state index is 0.273. The first kappa shape index (κ1) is 14.9. The Hall–Kier alpha value is -1.16. The van der Waals surface area contributed by atoms with E-state index in [4.69, 9.17) is 0 Å². The Morgan fingerprint density at radius 1 is 1.33 bits per heavy atom. The number of aromatic nitrogens is 1. The zero-order valence-corrected chi connectivity index (χ0v) is 12.1. The molecular weight excluding hydrogens is 246 g/mol. The standard InChI is InChI=1S/C14H21NO2S/c1-4-6-7-8-12(5-2)14-10-9-13(11-15-14)18(3,16)17/h5,9-11H,4,6-8H2,1-3H3. The third kappa shape index (κ3) is 4.26. The summed E-state index contributed by atoms with van der Waals surface area (Å²) in [6.45, 7) is 4.17. The van der Waals surface area contributed by atoms with Crippen molar-refractivity contribution in [1.82, 2.24) is 4.98 Å². The van der Waals surface area contributed by atoms with E-state index in [2.05, 4.69) is 18.0 Å². The SMILES string of the molecule is CC=C(CCCCC)c1ccc(S(C)(=O)=O)cn1. The van der Waals surface area contributed by atoms with Gasteiger partial charge < -0.3 is 0 Å². The molecule has 0 atom stereocenters. The van der Waals surface area contributed by atoms with Gasteiger partial charge in [-0.05, 0) is 37.5 Å². The van der Waals surface area contributed by atoms with Gasteiger partial charge in [-0.3, -0.25) is 4.98 Å². The molecule has 4 heteroatoms. The molecule has 1 aromatic heterocycles. The van der Waals surface area contributed by atoms with Gasteiger partial charge in [0, 0.05) is 12.5 Å². The Kier molecular flexibility index (Phi) is 5.54.